The number of anilines is 1. The first-order valence-electron chi connectivity index (χ1n) is 19.1. The van der Waals surface area contributed by atoms with Gasteiger partial charge in [0.1, 0.15) is 0 Å². The van der Waals surface area contributed by atoms with Crippen molar-refractivity contribution in [2.24, 2.45) is 0 Å². The predicted molar refractivity (Wildman–Crippen MR) is 217 cm³/mol. The minimum absolute atomic E-state index is 0.00477. The fraction of sp³-hybridized carbons (Fsp3) is 0.488. The number of benzene rings is 2. The molecule has 290 valence electrons. The van der Waals surface area contributed by atoms with Gasteiger partial charge in [0, 0.05) is 98.6 Å². The maximum absolute atomic E-state index is 13.1. The topological polar surface area (TPSA) is 113 Å². The zero-order valence-electron chi connectivity index (χ0n) is 33.4. The first kappa shape index (κ1) is 42.1. The first-order chi connectivity index (χ1) is 25.6. The molecule has 3 aromatic rings. The second kappa shape index (κ2) is 20.2. The van der Waals surface area contributed by atoms with E-state index < -0.39 is 0 Å². The minimum atomic E-state index is -0.320. The highest BCUT2D eigenvalue weighted by atomic mass is 16.2. The fourth-order valence-corrected chi connectivity index (χ4v) is 6.14. The number of likely N-dealkylation sites (N-methyl/N-ethyl adjacent to an activating group) is 1. The number of pyridine rings is 1. The van der Waals surface area contributed by atoms with Gasteiger partial charge in [-0.3, -0.25) is 34.1 Å². The maximum atomic E-state index is 13.1. The van der Waals surface area contributed by atoms with Crippen LogP contribution in [0, 0.1) is 11.8 Å². The third-order valence-corrected chi connectivity index (χ3v) is 8.87. The van der Waals surface area contributed by atoms with Gasteiger partial charge in [0.25, 0.3) is 5.91 Å². The molecule has 2 aromatic carbocycles. The molecule has 4 rings (SSSR count). The molecule has 0 atom stereocenters. The van der Waals surface area contributed by atoms with Gasteiger partial charge in [-0.2, -0.15) is 0 Å². The largest absolute Gasteiger partial charge is 0.350 e. The number of carbonyl (C=O) groups excluding carboxylic acids is 3. The molecule has 0 spiro atoms. The molecule has 11 nitrogen and oxygen atoms in total. The summed E-state index contributed by atoms with van der Waals surface area (Å²) < 4.78 is 0. The van der Waals surface area contributed by atoms with E-state index in [-0.39, 0.29) is 35.3 Å². The highest BCUT2D eigenvalue weighted by molar-refractivity contribution is 6.04. The fourth-order valence-electron chi connectivity index (χ4n) is 6.14. The zero-order chi connectivity index (χ0) is 39.1. The van der Waals surface area contributed by atoms with Crippen molar-refractivity contribution in [3.8, 4) is 11.8 Å². The number of nitrogens with one attached hydrogen (secondary N) is 3. The standard InChI is InChI=1S/C43H60N8O3/c1-8-48-22-24-49(26-27-51(33-40(53)47-43(5,6)7)29-28-50(25-23-48)32-39(52)46-42(2,3)4)31-38-30-35(20-21-44-38)15-14-34-16-18-37(19-17-34)45-41(54)36-12-10-9-11-13-36/h9-13,16-21,30H,8,22-29,31-33H2,1-7H3,(H,45,54)(H,46,52)(H,47,53). The maximum Gasteiger partial charge on any atom is 0.255 e. The molecule has 1 aliphatic heterocycles. The van der Waals surface area contributed by atoms with Crippen molar-refractivity contribution >= 4 is 23.4 Å². The van der Waals surface area contributed by atoms with E-state index in [4.69, 9.17) is 4.98 Å². The van der Waals surface area contributed by atoms with E-state index in [1.165, 1.54) is 0 Å². The van der Waals surface area contributed by atoms with Crippen LogP contribution in [0.15, 0.2) is 72.9 Å². The van der Waals surface area contributed by atoms with Gasteiger partial charge in [-0.05, 0) is 96.6 Å². The Morgan fingerprint density at radius 2 is 1.15 bits per heavy atom. The monoisotopic (exact) mass is 736 g/mol. The lowest BCUT2D eigenvalue weighted by Gasteiger charge is -2.34. The quantitative estimate of drug-likeness (QED) is 0.279. The lowest BCUT2D eigenvalue weighted by Crippen LogP contribution is -2.52. The molecule has 0 unspecified atom stereocenters. The van der Waals surface area contributed by atoms with Gasteiger partial charge in [0.2, 0.25) is 11.8 Å². The molecule has 1 fully saturated rings. The van der Waals surface area contributed by atoms with E-state index in [1.54, 1.807) is 12.1 Å². The summed E-state index contributed by atoms with van der Waals surface area (Å²) in [5.41, 5.74) is 3.36. The van der Waals surface area contributed by atoms with Gasteiger partial charge in [-0.15, -0.1) is 0 Å². The number of hydrogen-bond donors (Lipinski definition) is 3. The van der Waals surface area contributed by atoms with Crippen molar-refractivity contribution in [3.63, 3.8) is 0 Å². The van der Waals surface area contributed by atoms with Crippen LogP contribution in [0.2, 0.25) is 0 Å². The summed E-state index contributed by atoms with van der Waals surface area (Å²) in [6.45, 7) is 22.5. The van der Waals surface area contributed by atoms with Crippen molar-refractivity contribution in [1.82, 2.24) is 35.2 Å². The average Bonchev–Trinajstić information content (AvgIpc) is 3.10. The first-order valence-corrected chi connectivity index (χ1v) is 19.1. The Bertz CT molecular complexity index is 1720. The Kier molecular flexibility index (Phi) is 15.8. The molecular weight excluding hydrogens is 677 g/mol. The van der Waals surface area contributed by atoms with E-state index in [0.717, 1.165) is 56.1 Å². The zero-order valence-corrected chi connectivity index (χ0v) is 33.4. The lowest BCUT2D eigenvalue weighted by molar-refractivity contribution is -0.125. The molecule has 0 radical (unpaired) electrons. The molecule has 1 aromatic heterocycles. The molecule has 1 aliphatic rings. The third kappa shape index (κ3) is 15.8. The lowest BCUT2D eigenvalue weighted by atomic mass is 10.1. The third-order valence-electron chi connectivity index (χ3n) is 8.87. The van der Waals surface area contributed by atoms with Gasteiger partial charge < -0.3 is 20.9 Å². The van der Waals surface area contributed by atoms with Crippen LogP contribution in [0.25, 0.3) is 0 Å². The number of amides is 3. The molecular formula is C43H60N8O3. The molecule has 0 saturated carbocycles. The SMILES string of the molecule is CCN1CCN(CC(=O)NC(C)(C)C)CCN(CC(=O)NC(C)(C)C)CCN(Cc2cc(C#Cc3ccc(NC(=O)c4ccccc4)cc3)ccn2)CC1. The Balaban J connectivity index is 1.44. The number of nitrogens with zero attached hydrogens (tertiary/aromatic N) is 5. The van der Waals surface area contributed by atoms with E-state index >= 15 is 0 Å². The van der Waals surface area contributed by atoms with Crippen molar-refractivity contribution in [2.75, 3.05) is 77.3 Å². The average molecular weight is 737 g/mol. The van der Waals surface area contributed by atoms with Gasteiger partial charge in [-0.25, -0.2) is 0 Å². The molecule has 1 saturated heterocycles. The Hall–Kier alpha value is -4.60. The van der Waals surface area contributed by atoms with Gasteiger partial charge >= 0.3 is 0 Å². The highest BCUT2D eigenvalue weighted by Gasteiger charge is 2.22. The molecule has 3 amide bonds. The van der Waals surface area contributed by atoms with Crippen molar-refractivity contribution in [3.05, 3.63) is 95.3 Å². The van der Waals surface area contributed by atoms with Crippen LogP contribution in [-0.2, 0) is 16.1 Å². The van der Waals surface area contributed by atoms with E-state index in [2.05, 4.69) is 54.3 Å². The summed E-state index contributed by atoms with van der Waals surface area (Å²) in [7, 11) is 0. The van der Waals surface area contributed by atoms with Crippen molar-refractivity contribution in [1.29, 1.82) is 0 Å². The molecule has 0 aliphatic carbocycles. The molecule has 3 N–H and O–H groups in total. The minimum Gasteiger partial charge on any atom is -0.350 e. The summed E-state index contributed by atoms with van der Waals surface area (Å²) in [6.07, 6.45) is 1.81. The predicted octanol–water partition coefficient (Wildman–Crippen LogP) is 4.30. The van der Waals surface area contributed by atoms with E-state index in [9.17, 15) is 14.4 Å². The van der Waals surface area contributed by atoms with Gasteiger partial charge in [0.15, 0.2) is 0 Å². The smallest absolute Gasteiger partial charge is 0.255 e. The van der Waals surface area contributed by atoms with Crippen LogP contribution in [0.3, 0.4) is 0 Å². The van der Waals surface area contributed by atoms with Crippen molar-refractivity contribution < 1.29 is 14.4 Å². The summed E-state index contributed by atoms with van der Waals surface area (Å²) in [4.78, 5) is 52.5. The van der Waals surface area contributed by atoms with Crippen LogP contribution < -0.4 is 16.0 Å². The number of hydrogen-bond acceptors (Lipinski definition) is 8. The molecule has 54 heavy (non-hydrogen) atoms. The molecule has 2 heterocycles. The summed E-state index contributed by atoms with van der Waals surface area (Å²) in [5.74, 6) is 6.39. The van der Waals surface area contributed by atoms with E-state index in [1.807, 2.05) is 102 Å². The number of carbonyl (C=O) groups is 3. The molecule has 0 bridgehead atoms. The van der Waals surface area contributed by atoms with Crippen LogP contribution >= 0.6 is 0 Å². The Labute approximate surface area is 322 Å². The number of aromatic nitrogens is 1. The highest BCUT2D eigenvalue weighted by Crippen LogP contribution is 2.12. The van der Waals surface area contributed by atoms with Crippen LogP contribution in [-0.4, -0.2) is 125 Å². The van der Waals surface area contributed by atoms with Crippen molar-refractivity contribution in [2.45, 2.75) is 66.1 Å². The summed E-state index contributed by atoms with van der Waals surface area (Å²) >= 11 is 0. The molecule has 11 heteroatoms. The normalized spacial score (nSPS) is 15.9. The number of rotatable bonds is 9. The van der Waals surface area contributed by atoms with Gasteiger partial charge in [0.05, 0.1) is 18.8 Å². The van der Waals surface area contributed by atoms with Gasteiger partial charge in [-0.1, -0.05) is 37.0 Å². The van der Waals surface area contributed by atoms with Crippen LogP contribution in [0.4, 0.5) is 5.69 Å². The second-order valence-corrected chi connectivity index (χ2v) is 16.0. The van der Waals surface area contributed by atoms with Crippen LogP contribution in [0.5, 0.6) is 0 Å². The Morgan fingerprint density at radius 1 is 0.648 bits per heavy atom. The summed E-state index contributed by atoms with van der Waals surface area (Å²) in [6, 6.07) is 20.6. The van der Waals surface area contributed by atoms with Crippen LogP contribution in [0.1, 0.15) is 75.6 Å². The van der Waals surface area contributed by atoms with E-state index in [0.29, 0.717) is 44.0 Å². The Morgan fingerprint density at radius 3 is 1.67 bits per heavy atom. The summed E-state index contributed by atoms with van der Waals surface area (Å²) in [5, 5.41) is 9.14. The second-order valence-electron chi connectivity index (χ2n) is 16.0.